The fourth-order valence-electron chi connectivity index (χ4n) is 2.29. The third-order valence-electron chi connectivity index (χ3n) is 3.43. The molecule has 3 nitrogen and oxygen atoms in total. The summed E-state index contributed by atoms with van der Waals surface area (Å²) in [6, 6.07) is 17.6. The van der Waals surface area contributed by atoms with Gasteiger partial charge in [0.1, 0.15) is 5.60 Å². The molecule has 0 fully saturated rings. The van der Waals surface area contributed by atoms with Gasteiger partial charge in [0.2, 0.25) is 0 Å². The van der Waals surface area contributed by atoms with Gasteiger partial charge in [-0.15, -0.1) is 11.3 Å². The van der Waals surface area contributed by atoms with Gasteiger partial charge in [0.25, 0.3) is 0 Å². The van der Waals surface area contributed by atoms with Crippen molar-refractivity contribution in [2.24, 2.45) is 5.73 Å². The number of rotatable bonds is 4. The quantitative estimate of drug-likeness (QED) is 0.774. The van der Waals surface area contributed by atoms with Crippen LogP contribution in [0.1, 0.15) is 10.6 Å². The summed E-state index contributed by atoms with van der Waals surface area (Å²) in [5.74, 6) is 0. The molecule has 4 heteroatoms. The molecule has 102 valence electrons. The molecule has 0 aliphatic carbocycles. The van der Waals surface area contributed by atoms with Gasteiger partial charge in [-0.25, -0.2) is 4.98 Å². The zero-order chi connectivity index (χ0) is 14.0. The summed E-state index contributed by atoms with van der Waals surface area (Å²) in [6.07, 6.45) is 0.437. The number of aromatic nitrogens is 1. The van der Waals surface area contributed by atoms with Crippen LogP contribution in [0.5, 0.6) is 0 Å². The summed E-state index contributed by atoms with van der Waals surface area (Å²) in [5, 5.41) is 11.7. The number of fused-ring (bicyclic) bond motifs is 1. The Morgan fingerprint density at radius 3 is 2.45 bits per heavy atom. The summed E-state index contributed by atoms with van der Waals surface area (Å²) in [6.45, 7) is 0.174. The molecule has 0 bridgehead atoms. The van der Waals surface area contributed by atoms with Crippen LogP contribution in [0.2, 0.25) is 0 Å². The number of thiazole rings is 1. The molecule has 3 N–H and O–H groups in total. The molecule has 1 unspecified atom stereocenters. The SMILES string of the molecule is NCC(O)(Cc1nc2ccccc2s1)c1ccccc1. The molecule has 0 aliphatic rings. The lowest BCUT2D eigenvalue weighted by Gasteiger charge is -2.26. The molecule has 0 saturated heterocycles. The molecule has 2 aromatic carbocycles. The second kappa shape index (κ2) is 5.32. The Hall–Kier alpha value is -1.75. The highest BCUT2D eigenvalue weighted by molar-refractivity contribution is 7.18. The number of hydrogen-bond acceptors (Lipinski definition) is 4. The van der Waals surface area contributed by atoms with Crippen LogP contribution >= 0.6 is 11.3 Å². The monoisotopic (exact) mass is 284 g/mol. The Kier molecular flexibility index (Phi) is 3.53. The predicted molar refractivity (Wildman–Crippen MR) is 82.7 cm³/mol. The van der Waals surface area contributed by atoms with Gasteiger partial charge in [-0.1, -0.05) is 42.5 Å². The Morgan fingerprint density at radius 1 is 1.05 bits per heavy atom. The topological polar surface area (TPSA) is 59.1 Å². The first kappa shape index (κ1) is 13.2. The minimum atomic E-state index is -1.06. The van der Waals surface area contributed by atoms with E-state index in [1.165, 1.54) is 0 Å². The summed E-state index contributed by atoms with van der Waals surface area (Å²) in [7, 11) is 0. The molecule has 20 heavy (non-hydrogen) atoms. The summed E-state index contributed by atoms with van der Waals surface area (Å²) < 4.78 is 1.13. The van der Waals surface area contributed by atoms with Crippen molar-refractivity contribution >= 4 is 21.6 Å². The Balaban J connectivity index is 1.95. The summed E-state index contributed by atoms with van der Waals surface area (Å²) in [5.41, 5.74) is 6.55. The summed E-state index contributed by atoms with van der Waals surface area (Å²) >= 11 is 1.61. The third-order valence-corrected chi connectivity index (χ3v) is 4.47. The van der Waals surface area contributed by atoms with Gasteiger partial charge >= 0.3 is 0 Å². The molecule has 3 rings (SSSR count). The maximum atomic E-state index is 10.8. The van der Waals surface area contributed by atoms with Crippen LogP contribution in [0.15, 0.2) is 54.6 Å². The molecule has 0 saturated carbocycles. The Morgan fingerprint density at radius 2 is 1.75 bits per heavy atom. The Labute approximate surface area is 121 Å². The van der Waals surface area contributed by atoms with Crippen LogP contribution in [0.4, 0.5) is 0 Å². The van der Waals surface area contributed by atoms with Crippen molar-refractivity contribution in [3.63, 3.8) is 0 Å². The zero-order valence-electron chi connectivity index (χ0n) is 11.0. The van der Waals surface area contributed by atoms with Crippen molar-refractivity contribution in [1.29, 1.82) is 0 Å². The zero-order valence-corrected chi connectivity index (χ0v) is 11.8. The van der Waals surface area contributed by atoms with Gasteiger partial charge < -0.3 is 10.8 Å². The molecule has 1 atom stereocenters. The number of nitrogens with two attached hydrogens (primary N) is 1. The first-order valence-electron chi connectivity index (χ1n) is 6.54. The van der Waals surface area contributed by atoms with Crippen molar-refractivity contribution in [3.05, 3.63) is 65.2 Å². The minimum Gasteiger partial charge on any atom is -0.383 e. The molecule has 0 spiro atoms. The van der Waals surface area contributed by atoms with Crippen LogP contribution in [-0.2, 0) is 12.0 Å². The first-order valence-corrected chi connectivity index (χ1v) is 7.35. The number of para-hydroxylation sites is 1. The van der Waals surface area contributed by atoms with Crippen molar-refractivity contribution in [2.45, 2.75) is 12.0 Å². The van der Waals surface area contributed by atoms with E-state index in [-0.39, 0.29) is 6.54 Å². The molecule has 0 aliphatic heterocycles. The second-order valence-electron chi connectivity index (χ2n) is 4.85. The predicted octanol–water partition coefficient (Wildman–Crippen LogP) is 2.69. The highest BCUT2D eigenvalue weighted by Gasteiger charge is 2.29. The van der Waals surface area contributed by atoms with E-state index in [1.54, 1.807) is 11.3 Å². The van der Waals surface area contributed by atoms with Crippen LogP contribution in [-0.4, -0.2) is 16.6 Å². The lowest BCUT2D eigenvalue weighted by atomic mass is 9.91. The standard InChI is InChI=1S/C16H16N2OS/c17-11-16(19,12-6-2-1-3-7-12)10-15-18-13-8-4-5-9-14(13)20-15/h1-9,19H,10-11,17H2. The highest BCUT2D eigenvalue weighted by atomic mass is 32.1. The van der Waals surface area contributed by atoms with E-state index < -0.39 is 5.60 Å². The van der Waals surface area contributed by atoms with Gasteiger partial charge in [-0.05, 0) is 17.7 Å². The molecule has 1 aromatic heterocycles. The fourth-order valence-corrected chi connectivity index (χ4v) is 3.36. The van der Waals surface area contributed by atoms with Gasteiger partial charge in [0.15, 0.2) is 0 Å². The van der Waals surface area contributed by atoms with E-state index in [9.17, 15) is 5.11 Å². The molecule has 0 radical (unpaired) electrons. The molecule has 0 amide bonds. The van der Waals surface area contributed by atoms with E-state index >= 15 is 0 Å². The van der Waals surface area contributed by atoms with Gasteiger partial charge in [0, 0.05) is 13.0 Å². The van der Waals surface area contributed by atoms with E-state index in [0.717, 1.165) is 20.8 Å². The highest BCUT2D eigenvalue weighted by Crippen LogP contribution is 2.29. The normalized spacial score (nSPS) is 14.3. The van der Waals surface area contributed by atoms with Crippen LogP contribution in [0, 0.1) is 0 Å². The molecule has 3 aromatic rings. The molecule has 1 heterocycles. The second-order valence-corrected chi connectivity index (χ2v) is 5.97. The maximum Gasteiger partial charge on any atom is 0.108 e. The lowest BCUT2D eigenvalue weighted by Crippen LogP contribution is -2.37. The van der Waals surface area contributed by atoms with E-state index in [0.29, 0.717) is 6.42 Å². The van der Waals surface area contributed by atoms with E-state index in [1.807, 2.05) is 54.6 Å². The van der Waals surface area contributed by atoms with Crippen LogP contribution < -0.4 is 5.73 Å². The molecular weight excluding hydrogens is 268 g/mol. The van der Waals surface area contributed by atoms with Gasteiger partial charge in [0.05, 0.1) is 15.2 Å². The largest absolute Gasteiger partial charge is 0.383 e. The molecular formula is C16H16N2OS. The van der Waals surface area contributed by atoms with Crippen molar-refractivity contribution in [2.75, 3.05) is 6.54 Å². The Bertz CT molecular complexity index is 678. The number of nitrogens with zero attached hydrogens (tertiary/aromatic N) is 1. The minimum absolute atomic E-state index is 0.174. The van der Waals surface area contributed by atoms with Gasteiger partial charge in [-0.3, -0.25) is 0 Å². The average molecular weight is 284 g/mol. The average Bonchev–Trinajstić information content (AvgIpc) is 2.90. The van der Waals surface area contributed by atoms with Crippen molar-refractivity contribution in [1.82, 2.24) is 4.98 Å². The van der Waals surface area contributed by atoms with Crippen molar-refractivity contribution < 1.29 is 5.11 Å². The van der Waals surface area contributed by atoms with Crippen LogP contribution in [0.3, 0.4) is 0 Å². The lowest BCUT2D eigenvalue weighted by molar-refractivity contribution is 0.0463. The number of hydrogen-bond donors (Lipinski definition) is 2. The van der Waals surface area contributed by atoms with Gasteiger partial charge in [-0.2, -0.15) is 0 Å². The van der Waals surface area contributed by atoms with E-state index in [4.69, 9.17) is 5.73 Å². The van der Waals surface area contributed by atoms with Crippen LogP contribution in [0.25, 0.3) is 10.2 Å². The fraction of sp³-hybridized carbons (Fsp3) is 0.188. The van der Waals surface area contributed by atoms with E-state index in [2.05, 4.69) is 4.98 Å². The summed E-state index contributed by atoms with van der Waals surface area (Å²) in [4.78, 5) is 4.57. The van der Waals surface area contributed by atoms with Crippen molar-refractivity contribution in [3.8, 4) is 0 Å². The number of aliphatic hydroxyl groups is 1. The first-order chi connectivity index (χ1) is 9.71. The third kappa shape index (κ3) is 2.45. The number of benzene rings is 2. The smallest absolute Gasteiger partial charge is 0.108 e. The maximum absolute atomic E-state index is 10.8.